The van der Waals surface area contributed by atoms with Gasteiger partial charge in [-0.3, -0.25) is 4.57 Å². The average Bonchev–Trinajstić information content (AvgIpc) is 2.92. The van der Waals surface area contributed by atoms with Gasteiger partial charge in [0, 0.05) is 18.3 Å². The van der Waals surface area contributed by atoms with Crippen molar-refractivity contribution in [1.29, 1.82) is 0 Å². The number of aromatic nitrogens is 2. The Kier molecular flexibility index (Phi) is 4.76. The maximum atomic E-state index is 12.4. The fourth-order valence-electron chi connectivity index (χ4n) is 3.04. The predicted molar refractivity (Wildman–Crippen MR) is 87.5 cm³/mol. The van der Waals surface area contributed by atoms with E-state index < -0.39 is 24.0 Å². The smallest absolute Gasteiger partial charge is 0.349 e. The lowest BCUT2D eigenvalue weighted by Crippen LogP contribution is -2.35. The van der Waals surface area contributed by atoms with E-state index in [4.69, 9.17) is 9.47 Å². The highest BCUT2D eigenvalue weighted by Gasteiger charge is 2.45. The van der Waals surface area contributed by atoms with Gasteiger partial charge in [0.2, 0.25) is 0 Å². The highest BCUT2D eigenvalue weighted by molar-refractivity contribution is 5.89. The van der Waals surface area contributed by atoms with Gasteiger partial charge in [-0.05, 0) is 24.6 Å². The molecule has 1 fully saturated rings. The number of benzene rings is 1. The van der Waals surface area contributed by atoms with Gasteiger partial charge in [-0.25, -0.2) is 14.6 Å². The lowest BCUT2D eigenvalue weighted by molar-refractivity contribution is -0.0510. The molecule has 0 spiro atoms. The highest BCUT2D eigenvalue weighted by Crippen LogP contribution is 2.37. The van der Waals surface area contributed by atoms with Gasteiger partial charge in [-0.15, -0.1) is 0 Å². The first-order valence-corrected chi connectivity index (χ1v) is 8.06. The van der Waals surface area contributed by atoms with E-state index >= 15 is 0 Å². The summed E-state index contributed by atoms with van der Waals surface area (Å²) >= 11 is 0. The number of hydrogen-bond donors (Lipinski definition) is 0. The fourth-order valence-corrected chi connectivity index (χ4v) is 3.04. The molecular weight excluding hydrogens is 308 g/mol. The zero-order valence-electron chi connectivity index (χ0n) is 13.7. The summed E-state index contributed by atoms with van der Waals surface area (Å²) in [6, 6.07) is 10.5. The summed E-state index contributed by atoms with van der Waals surface area (Å²) in [6.45, 7) is 3.98. The largest absolute Gasteiger partial charge is 0.454 e. The van der Waals surface area contributed by atoms with Gasteiger partial charge < -0.3 is 9.47 Å². The fraction of sp³-hybridized carbons (Fsp3) is 0.389. The van der Waals surface area contributed by atoms with E-state index in [-0.39, 0.29) is 12.0 Å². The van der Waals surface area contributed by atoms with Gasteiger partial charge in [0.25, 0.3) is 0 Å². The van der Waals surface area contributed by atoms with E-state index in [0.29, 0.717) is 5.56 Å². The van der Waals surface area contributed by atoms with Crippen molar-refractivity contribution in [3.05, 3.63) is 64.8 Å². The van der Waals surface area contributed by atoms with E-state index in [1.165, 1.54) is 10.8 Å². The topological polar surface area (TPSA) is 70.4 Å². The molecular formula is C18H20N2O4. The molecule has 0 bridgehead atoms. The second kappa shape index (κ2) is 6.97. The standard InChI is InChI=1S/C18H20N2O4/c1-3-14-12(2)15(24-17(21)13-8-5-4-6-9-13)16(23-14)20-11-7-10-19-18(20)22/h4-12,14-16H,3H2,1-2H3/t12?,14-,15+,16-/m1/s1. The number of carbonyl (C=O) groups excluding carboxylic acids is 1. The van der Waals surface area contributed by atoms with Gasteiger partial charge in [0.15, 0.2) is 12.3 Å². The van der Waals surface area contributed by atoms with Gasteiger partial charge in [-0.2, -0.15) is 0 Å². The molecule has 126 valence electrons. The molecule has 0 radical (unpaired) electrons. The molecule has 2 heterocycles. The van der Waals surface area contributed by atoms with Crippen LogP contribution in [0, 0.1) is 5.92 Å². The summed E-state index contributed by atoms with van der Waals surface area (Å²) < 4.78 is 13.1. The molecule has 6 heteroatoms. The number of ether oxygens (including phenoxy) is 2. The molecule has 2 aromatic rings. The first-order valence-electron chi connectivity index (χ1n) is 8.06. The second-order valence-electron chi connectivity index (χ2n) is 5.88. The number of carbonyl (C=O) groups is 1. The highest BCUT2D eigenvalue weighted by atomic mass is 16.6. The van der Waals surface area contributed by atoms with Crippen LogP contribution in [-0.4, -0.2) is 27.7 Å². The summed E-state index contributed by atoms with van der Waals surface area (Å²) in [5.74, 6) is -0.450. The Bertz CT molecular complexity index is 759. The molecule has 1 saturated heterocycles. The Morgan fingerprint density at radius 1 is 1.29 bits per heavy atom. The van der Waals surface area contributed by atoms with E-state index in [2.05, 4.69) is 4.98 Å². The molecule has 0 amide bonds. The molecule has 6 nitrogen and oxygen atoms in total. The van der Waals surface area contributed by atoms with Crippen molar-refractivity contribution < 1.29 is 14.3 Å². The van der Waals surface area contributed by atoms with Crippen LogP contribution in [0.1, 0.15) is 36.9 Å². The summed E-state index contributed by atoms with van der Waals surface area (Å²) in [7, 11) is 0. The van der Waals surface area contributed by atoms with E-state index in [0.717, 1.165) is 6.42 Å². The Morgan fingerprint density at radius 2 is 2.04 bits per heavy atom. The molecule has 1 aliphatic heterocycles. The Hall–Kier alpha value is -2.47. The van der Waals surface area contributed by atoms with Crippen molar-refractivity contribution in [3.8, 4) is 0 Å². The Morgan fingerprint density at radius 3 is 2.71 bits per heavy atom. The maximum absolute atomic E-state index is 12.4. The number of hydrogen-bond acceptors (Lipinski definition) is 5. The molecule has 1 aliphatic rings. The first kappa shape index (κ1) is 16.4. The van der Waals surface area contributed by atoms with Gasteiger partial charge in [0.05, 0.1) is 11.7 Å². The monoisotopic (exact) mass is 328 g/mol. The van der Waals surface area contributed by atoms with Crippen LogP contribution < -0.4 is 5.69 Å². The van der Waals surface area contributed by atoms with Crippen LogP contribution >= 0.6 is 0 Å². The van der Waals surface area contributed by atoms with Gasteiger partial charge >= 0.3 is 11.7 Å². The molecule has 1 unspecified atom stereocenters. The van der Waals surface area contributed by atoms with Crippen molar-refractivity contribution in [2.24, 2.45) is 5.92 Å². The minimum absolute atomic E-state index is 0.0280. The zero-order chi connectivity index (χ0) is 17.1. The van der Waals surface area contributed by atoms with Crippen LogP contribution in [0.4, 0.5) is 0 Å². The van der Waals surface area contributed by atoms with Crippen molar-refractivity contribution >= 4 is 5.97 Å². The number of esters is 1. The summed E-state index contributed by atoms with van der Waals surface area (Å²) in [5.41, 5.74) is 0.0501. The van der Waals surface area contributed by atoms with Crippen LogP contribution in [0.25, 0.3) is 0 Å². The molecule has 3 rings (SSSR count). The number of rotatable bonds is 4. The summed E-state index contributed by atoms with van der Waals surface area (Å²) in [6.07, 6.45) is 2.50. The van der Waals surface area contributed by atoms with Crippen LogP contribution in [-0.2, 0) is 9.47 Å². The zero-order valence-corrected chi connectivity index (χ0v) is 13.7. The van der Waals surface area contributed by atoms with Crippen molar-refractivity contribution in [3.63, 3.8) is 0 Å². The summed E-state index contributed by atoms with van der Waals surface area (Å²) in [5, 5.41) is 0. The molecule has 0 N–H and O–H groups in total. The van der Waals surface area contributed by atoms with Gasteiger partial charge in [-0.1, -0.05) is 32.0 Å². The third-order valence-electron chi connectivity index (χ3n) is 4.37. The maximum Gasteiger partial charge on any atom is 0.349 e. The van der Waals surface area contributed by atoms with Crippen molar-refractivity contribution in [2.45, 2.75) is 38.7 Å². The molecule has 0 aliphatic carbocycles. The van der Waals surface area contributed by atoms with Crippen molar-refractivity contribution in [1.82, 2.24) is 9.55 Å². The molecule has 1 aromatic heterocycles. The van der Waals surface area contributed by atoms with E-state index in [9.17, 15) is 9.59 Å². The SMILES string of the molecule is CC[C@H]1O[C@@H](n2cccnc2=O)[C@@H](OC(=O)c2ccccc2)C1C. The van der Waals surface area contributed by atoms with E-state index in [1.807, 2.05) is 19.9 Å². The van der Waals surface area contributed by atoms with Crippen LogP contribution in [0.5, 0.6) is 0 Å². The Labute approximate surface area is 140 Å². The third-order valence-corrected chi connectivity index (χ3v) is 4.37. The molecule has 0 saturated carbocycles. The van der Waals surface area contributed by atoms with Gasteiger partial charge in [0.1, 0.15) is 0 Å². The Balaban J connectivity index is 1.89. The lowest BCUT2D eigenvalue weighted by Gasteiger charge is -2.22. The normalized spacial score (nSPS) is 26.2. The summed E-state index contributed by atoms with van der Waals surface area (Å²) in [4.78, 5) is 28.2. The molecule has 1 aromatic carbocycles. The molecule has 24 heavy (non-hydrogen) atoms. The predicted octanol–water partition coefficient (Wildman–Crippen LogP) is 2.41. The lowest BCUT2D eigenvalue weighted by atomic mass is 9.98. The molecule has 4 atom stereocenters. The van der Waals surface area contributed by atoms with Crippen molar-refractivity contribution in [2.75, 3.05) is 0 Å². The van der Waals surface area contributed by atoms with E-state index in [1.54, 1.807) is 36.5 Å². The average molecular weight is 328 g/mol. The minimum Gasteiger partial charge on any atom is -0.454 e. The minimum atomic E-state index is -0.668. The third kappa shape index (κ3) is 3.10. The second-order valence-corrected chi connectivity index (χ2v) is 5.88. The number of nitrogens with zero attached hydrogens (tertiary/aromatic N) is 2. The van der Waals surface area contributed by atoms with Crippen LogP contribution in [0.3, 0.4) is 0 Å². The van der Waals surface area contributed by atoms with Crippen LogP contribution in [0.2, 0.25) is 0 Å². The quantitative estimate of drug-likeness (QED) is 0.806. The first-order chi connectivity index (χ1) is 11.6. The van der Waals surface area contributed by atoms with Crippen LogP contribution in [0.15, 0.2) is 53.6 Å².